The summed E-state index contributed by atoms with van der Waals surface area (Å²) in [7, 11) is 0. The van der Waals surface area contributed by atoms with Gasteiger partial charge in [0.1, 0.15) is 5.75 Å². The second kappa shape index (κ2) is 7.00. The Labute approximate surface area is 109 Å². The van der Waals surface area contributed by atoms with Gasteiger partial charge in [-0.2, -0.15) is 0 Å². The Hall–Kier alpha value is -2.57. The van der Waals surface area contributed by atoms with Crippen molar-refractivity contribution in [3.8, 4) is 5.75 Å². The molecule has 0 fully saturated rings. The van der Waals surface area contributed by atoms with Gasteiger partial charge in [0.25, 0.3) is 5.91 Å². The van der Waals surface area contributed by atoms with Crippen molar-refractivity contribution in [1.29, 1.82) is 0 Å². The van der Waals surface area contributed by atoms with Crippen LogP contribution in [0.3, 0.4) is 0 Å². The molecule has 7 nitrogen and oxygen atoms in total. The zero-order chi connectivity index (χ0) is 14.3. The molecule has 102 valence electrons. The summed E-state index contributed by atoms with van der Waals surface area (Å²) in [4.78, 5) is 32.5. The maximum Gasteiger partial charge on any atom is 0.344 e. The van der Waals surface area contributed by atoms with Gasteiger partial charge in [0.2, 0.25) is 0 Å². The number of primary amides is 1. The number of carbonyl (C=O) groups is 3. The molecule has 0 aromatic heterocycles. The molecule has 3 amide bonds. The molecule has 0 radical (unpaired) electrons. The van der Waals surface area contributed by atoms with E-state index < -0.39 is 24.5 Å². The maximum absolute atomic E-state index is 11.2. The summed E-state index contributed by atoms with van der Waals surface area (Å²) >= 11 is 0. The van der Waals surface area contributed by atoms with Gasteiger partial charge in [-0.25, -0.2) is 9.59 Å². The molecule has 0 atom stereocenters. The summed E-state index contributed by atoms with van der Waals surface area (Å²) < 4.78 is 9.74. The van der Waals surface area contributed by atoms with Crippen molar-refractivity contribution in [2.45, 2.75) is 6.92 Å². The first-order valence-electron chi connectivity index (χ1n) is 5.42. The molecule has 0 saturated carbocycles. The number of nitrogens with two attached hydrogens (primary N) is 1. The average molecular weight is 266 g/mol. The van der Waals surface area contributed by atoms with Gasteiger partial charge in [-0.15, -0.1) is 0 Å². The van der Waals surface area contributed by atoms with Crippen LogP contribution in [-0.4, -0.2) is 31.1 Å². The third kappa shape index (κ3) is 6.06. The summed E-state index contributed by atoms with van der Waals surface area (Å²) in [6.45, 7) is 0.978. The van der Waals surface area contributed by atoms with Crippen molar-refractivity contribution in [3.05, 3.63) is 29.8 Å². The van der Waals surface area contributed by atoms with E-state index in [1.54, 1.807) is 23.5 Å². The van der Waals surface area contributed by atoms with Gasteiger partial charge in [-0.3, -0.25) is 10.1 Å². The molecular formula is C12H14N2O5. The number of esters is 1. The molecule has 0 aliphatic carbocycles. The molecule has 0 spiro atoms. The van der Waals surface area contributed by atoms with Crippen LogP contribution in [0.25, 0.3) is 0 Å². The molecule has 19 heavy (non-hydrogen) atoms. The van der Waals surface area contributed by atoms with E-state index in [2.05, 4.69) is 4.74 Å². The van der Waals surface area contributed by atoms with Crippen molar-refractivity contribution in [2.24, 2.45) is 5.73 Å². The zero-order valence-corrected chi connectivity index (χ0v) is 10.3. The predicted molar refractivity (Wildman–Crippen MR) is 65.4 cm³/mol. The van der Waals surface area contributed by atoms with Gasteiger partial charge in [0.05, 0.1) is 0 Å². The molecular weight excluding hydrogens is 252 g/mol. The number of benzene rings is 1. The van der Waals surface area contributed by atoms with Crippen molar-refractivity contribution < 1.29 is 23.9 Å². The Morgan fingerprint density at radius 1 is 1.26 bits per heavy atom. The summed E-state index contributed by atoms with van der Waals surface area (Å²) in [6.07, 6.45) is 0. The van der Waals surface area contributed by atoms with Gasteiger partial charge < -0.3 is 15.2 Å². The van der Waals surface area contributed by atoms with E-state index in [0.29, 0.717) is 5.75 Å². The number of hydrogen-bond acceptors (Lipinski definition) is 5. The van der Waals surface area contributed by atoms with Crippen LogP contribution in [0, 0.1) is 6.92 Å². The molecule has 1 aromatic carbocycles. The Bertz CT molecular complexity index is 487. The molecule has 1 rings (SSSR count). The van der Waals surface area contributed by atoms with Gasteiger partial charge >= 0.3 is 12.0 Å². The summed E-state index contributed by atoms with van der Waals surface area (Å²) in [6, 6.07) is 6.13. The topological polar surface area (TPSA) is 108 Å². The van der Waals surface area contributed by atoms with Crippen LogP contribution in [0.5, 0.6) is 5.75 Å². The van der Waals surface area contributed by atoms with Gasteiger partial charge in [-0.1, -0.05) is 12.1 Å². The summed E-state index contributed by atoms with van der Waals surface area (Å²) in [5.41, 5.74) is 5.70. The number of nitrogens with one attached hydrogen (secondary N) is 1. The first-order valence-corrected chi connectivity index (χ1v) is 5.42. The zero-order valence-electron chi connectivity index (χ0n) is 10.3. The van der Waals surface area contributed by atoms with Crippen LogP contribution in [0.2, 0.25) is 0 Å². The van der Waals surface area contributed by atoms with E-state index >= 15 is 0 Å². The van der Waals surface area contributed by atoms with Crippen LogP contribution in [0.1, 0.15) is 5.56 Å². The molecule has 1 aromatic rings. The van der Waals surface area contributed by atoms with Crippen molar-refractivity contribution in [2.75, 3.05) is 13.2 Å². The number of amides is 3. The molecule has 7 heteroatoms. The number of rotatable bonds is 5. The molecule has 3 N–H and O–H groups in total. The van der Waals surface area contributed by atoms with Crippen molar-refractivity contribution in [1.82, 2.24) is 5.32 Å². The molecule has 0 saturated heterocycles. The van der Waals surface area contributed by atoms with E-state index in [9.17, 15) is 14.4 Å². The Balaban J connectivity index is 2.28. The normalized spacial score (nSPS) is 9.53. The van der Waals surface area contributed by atoms with Crippen LogP contribution < -0.4 is 15.8 Å². The summed E-state index contributed by atoms with van der Waals surface area (Å²) in [5, 5.41) is 1.76. The van der Waals surface area contributed by atoms with Crippen LogP contribution >= 0.6 is 0 Å². The first-order chi connectivity index (χ1) is 8.97. The lowest BCUT2D eigenvalue weighted by Gasteiger charge is -2.07. The van der Waals surface area contributed by atoms with Gasteiger partial charge in [0.15, 0.2) is 13.2 Å². The number of urea groups is 1. The number of carbonyl (C=O) groups excluding carboxylic acids is 3. The summed E-state index contributed by atoms with van der Waals surface area (Å²) in [5.74, 6) is -0.990. The molecule has 0 aliphatic rings. The Morgan fingerprint density at radius 3 is 2.63 bits per heavy atom. The first kappa shape index (κ1) is 14.5. The van der Waals surface area contributed by atoms with Crippen LogP contribution in [0.4, 0.5) is 4.79 Å². The standard InChI is InChI=1S/C12H14N2O5/c1-8-3-2-4-9(5-8)18-7-11(16)19-6-10(15)14-12(13)17/h2-5H,6-7H2,1H3,(H3,13,14,15,17). The third-order valence-corrected chi connectivity index (χ3v) is 1.97. The maximum atomic E-state index is 11.2. The number of aryl methyl sites for hydroxylation is 1. The minimum atomic E-state index is -1.00. The van der Waals surface area contributed by atoms with Gasteiger partial charge in [0, 0.05) is 0 Å². The van der Waals surface area contributed by atoms with E-state index in [0.717, 1.165) is 5.56 Å². The third-order valence-electron chi connectivity index (χ3n) is 1.97. The van der Waals surface area contributed by atoms with E-state index in [4.69, 9.17) is 10.5 Å². The quantitative estimate of drug-likeness (QED) is 0.735. The fraction of sp³-hybridized carbons (Fsp3) is 0.250. The van der Waals surface area contributed by atoms with E-state index in [-0.39, 0.29) is 6.61 Å². The highest BCUT2D eigenvalue weighted by atomic mass is 16.6. The smallest absolute Gasteiger partial charge is 0.344 e. The van der Waals surface area contributed by atoms with Crippen molar-refractivity contribution >= 4 is 17.9 Å². The minimum Gasteiger partial charge on any atom is -0.482 e. The second-order valence-corrected chi connectivity index (χ2v) is 3.68. The second-order valence-electron chi connectivity index (χ2n) is 3.68. The average Bonchev–Trinajstić information content (AvgIpc) is 2.33. The van der Waals surface area contributed by atoms with Crippen LogP contribution in [-0.2, 0) is 14.3 Å². The molecule has 0 aliphatic heterocycles. The fourth-order valence-corrected chi connectivity index (χ4v) is 1.21. The Kier molecular flexibility index (Phi) is 5.34. The van der Waals surface area contributed by atoms with Crippen LogP contribution in [0.15, 0.2) is 24.3 Å². The lowest BCUT2D eigenvalue weighted by Crippen LogP contribution is -2.38. The largest absolute Gasteiger partial charge is 0.482 e. The number of hydrogen-bond donors (Lipinski definition) is 2. The lowest BCUT2D eigenvalue weighted by atomic mass is 10.2. The Morgan fingerprint density at radius 2 is 2.00 bits per heavy atom. The number of imide groups is 1. The van der Waals surface area contributed by atoms with E-state index in [1.165, 1.54) is 0 Å². The minimum absolute atomic E-state index is 0.326. The van der Waals surface area contributed by atoms with E-state index in [1.807, 2.05) is 13.0 Å². The molecule has 0 heterocycles. The fourth-order valence-electron chi connectivity index (χ4n) is 1.21. The molecule has 0 unspecified atom stereocenters. The predicted octanol–water partition coefficient (Wildman–Crippen LogP) is 0.112. The highest BCUT2D eigenvalue weighted by Gasteiger charge is 2.09. The van der Waals surface area contributed by atoms with Gasteiger partial charge in [-0.05, 0) is 24.6 Å². The molecule has 0 bridgehead atoms. The highest BCUT2D eigenvalue weighted by molar-refractivity contribution is 5.94. The van der Waals surface area contributed by atoms with Crippen molar-refractivity contribution in [3.63, 3.8) is 0 Å². The monoisotopic (exact) mass is 266 g/mol. The highest BCUT2D eigenvalue weighted by Crippen LogP contribution is 2.11. The lowest BCUT2D eigenvalue weighted by molar-refractivity contribution is -0.150. The SMILES string of the molecule is Cc1cccc(OCC(=O)OCC(=O)NC(N)=O)c1. The number of ether oxygens (including phenoxy) is 2.